The molecular weight excluding hydrogens is 246 g/mol. The fourth-order valence-electron chi connectivity index (χ4n) is 2.32. The molecule has 0 aliphatic carbocycles. The molecule has 0 radical (unpaired) electrons. The lowest BCUT2D eigenvalue weighted by atomic mass is 10.1. The first-order valence-corrected chi connectivity index (χ1v) is 8.26. The maximum absolute atomic E-state index is 5.78. The molecule has 2 nitrogen and oxygen atoms in total. The number of para-hydroxylation sites is 2. The molecule has 1 unspecified atom stereocenters. The van der Waals surface area contributed by atoms with Crippen molar-refractivity contribution in [3.05, 3.63) is 24.3 Å². The van der Waals surface area contributed by atoms with E-state index >= 15 is 0 Å². The van der Waals surface area contributed by atoms with Gasteiger partial charge < -0.3 is 10.1 Å². The van der Waals surface area contributed by atoms with Gasteiger partial charge in [-0.1, -0.05) is 58.1 Å². The number of nitrogens with one attached hydrogen (secondary N) is 1. The van der Waals surface area contributed by atoms with Gasteiger partial charge in [-0.15, -0.1) is 0 Å². The Bertz CT molecular complexity index is 351. The van der Waals surface area contributed by atoms with Gasteiger partial charge in [0, 0.05) is 6.04 Å². The Morgan fingerprint density at radius 2 is 1.75 bits per heavy atom. The minimum absolute atomic E-state index is 0.503. The van der Waals surface area contributed by atoms with E-state index in [4.69, 9.17) is 4.74 Å². The van der Waals surface area contributed by atoms with Crippen LogP contribution in [-0.4, -0.2) is 12.6 Å². The van der Waals surface area contributed by atoms with Crippen molar-refractivity contribution in [3.63, 3.8) is 0 Å². The summed E-state index contributed by atoms with van der Waals surface area (Å²) < 4.78 is 5.78. The van der Waals surface area contributed by atoms with Crippen molar-refractivity contribution < 1.29 is 4.74 Å². The Hall–Kier alpha value is -1.18. The molecule has 0 saturated heterocycles. The normalized spacial score (nSPS) is 12.2. The first-order valence-electron chi connectivity index (χ1n) is 8.26. The average Bonchev–Trinajstić information content (AvgIpc) is 2.46. The second-order valence-electron chi connectivity index (χ2n) is 5.59. The van der Waals surface area contributed by atoms with Gasteiger partial charge in [0.2, 0.25) is 0 Å². The smallest absolute Gasteiger partial charge is 0.142 e. The molecule has 1 aromatic carbocycles. The Kier molecular flexibility index (Phi) is 8.93. The zero-order chi connectivity index (χ0) is 14.6. The van der Waals surface area contributed by atoms with Crippen LogP contribution in [0.25, 0.3) is 0 Å². The number of rotatable bonds is 11. The summed E-state index contributed by atoms with van der Waals surface area (Å²) in [5.74, 6) is 0.979. The van der Waals surface area contributed by atoms with E-state index in [-0.39, 0.29) is 0 Å². The van der Waals surface area contributed by atoms with Gasteiger partial charge in [-0.3, -0.25) is 0 Å². The van der Waals surface area contributed by atoms with Crippen LogP contribution in [0, 0.1) is 0 Å². The van der Waals surface area contributed by atoms with Crippen molar-refractivity contribution in [1.82, 2.24) is 0 Å². The maximum Gasteiger partial charge on any atom is 0.142 e. The molecule has 0 aliphatic rings. The lowest BCUT2D eigenvalue weighted by molar-refractivity contribution is 0.318. The maximum atomic E-state index is 5.78. The Balaban J connectivity index is 2.35. The number of benzene rings is 1. The third-order valence-electron chi connectivity index (χ3n) is 3.49. The van der Waals surface area contributed by atoms with E-state index < -0.39 is 0 Å². The standard InChI is InChI=1S/C18H31NO/c1-4-6-7-8-9-12-16(3)19-17-13-10-11-14-18(17)20-15-5-2/h10-11,13-14,16,19H,4-9,12,15H2,1-3H3. The molecule has 0 aliphatic heterocycles. The van der Waals surface area contributed by atoms with E-state index in [9.17, 15) is 0 Å². The second kappa shape index (κ2) is 10.6. The van der Waals surface area contributed by atoms with Gasteiger partial charge in [-0.25, -0.2) is 0 Å². The fourth-order valence-corrected chi connectivity index (χ4v) is 2.32. The van der Waals surface area contributed by atoms with Crippen LogP contribution in [-0.2, 0) is 0 Å². The number of hydrogen-bond donors (Lipinski definition) is 1. The molecule has 0 amide bonds. The highest BCUT2D eigenvalue weighted by Crippen LogP contribution is 2.25. The van der Waals surface area contributed by atoms with Gasteiger partial charge in [0.1, 0.15) is 5.75 Å². The molecule has 0 heterocycles. The van der Waals surface area contributed by atoms with Crippen LogP contribution in [0.15, 0.2) is 24.3 Å². The van der Waals surface area contributed by atoms with E-state index in [1.807, 2.05) is 12.1 Å². The predicted molar refractivity (Wildman–Crippen MR) is 88.7 cm³/mol. The average molecular weight is 277 g/mol. The van der Waals surface area contributed by atoms with Crippen LogP contribution in [0.5, 0.6) is 5.75 Å². The zero-order valence-electron chi connectivity index (χ0n) is 13.5. The topological polar surface area (TPSA) is 21.3 Å². The molecule has 1 atom stereocenters. The lowest BCUT2D eigenvalue weighted by Gasteiger charge is -2.18. The molecule has 20 heavy (non-hydrogen) atoms. The quantitative estimate of drug-likeness (QED) is 0.529. The summed E-state index contributed by atoms with van der Waals surface area (Å²) in [6.07, 6.45) is 9.00. The minimum Gasteiger partial charge on any atom is -0.491 e. The van der Waals surface area contributed by atoms with E-state index in [0.29, 0.717) is 6.04 Å². The number of anilines is 1. The summed E-state index contributed by atoms with van der Waals surface area (Å²) in [4.78, 5) is 0. The Morgan fingerprint density at radius 1 is 1.00 bits per heavy atom. The Labute approximate surface area is 124 Å². The molecule has 0 bridgehead atoms. The van der Waals surface area contributed by atoms with Crippen LogP contribution in [0.2, 0.25) is 0 Å². The van der Waals surface area contributed by atoms with Crippen LogP contribution in [0.1, 0.15) is 65.7 Å². The highest BCUT2D eigenvalue weighted by molar-refractivity contribution is 5.56. The Morgan fingerprint density at radius 3 is 2.50 bits per heavy atom. The highest BCUT2D eigenvalue weighted by atomic mass is 16.5. The van der Waals surface area contributed by atoms with Gasteiger partial charge in [0.25, 0.3) is 0 Å². The van der Waals surface area contributed by atoms with Gasteiger partial charge in [-0.2, -0.15) is 0 Å². The fraction of sp³-hybridized carbons (Fsp3) is 0.667. The highest BCUT2D eigenvalue weighted by Gasteiger charge is 2.06. The van der Waals surface area contributed by atoms with Gasteiger partial charge >= 0.3 is 0 Å². The lowest BCUT2D eigenvalue weighted by Crippen LogP contribution is -2.15. The monoisotopic (exact) mass is 277 g/mol. The molecule has 0 fully saturated rings. The van der Waals surface area contributed by atoms with E-state index in [1.54, 1.807) is 0 Å². The molecule has 1 aromatic rings. The summed E-state index contributed by atoms with van der Waals surface area (Å²) >= 11 is 0. The van der Waals surface area contributed by atoms with Crippen LogP contribution < -0.4 is 10.1 Å². The molecule has 1 rings (SSSR count). The van der Waals surface area contributed by atoms with Crippen LogP contribution >= 0.6 is 0 Å². The van der Waals surface area contributed by atoms with E-state index in [0.717, 1.165) is 24.5 Å². The van der Waals surface area contributed by atoms with Gasteiger partial charge in [-0.05, 0) is 31.9 Å². The number of hydrogen-bond acceptors (Lipinski definition) is 2. The van der Waals surface area contributed by atoms with Gasteiger partial charge in [0.05, 0.1) is 12.3 Å². The number of ether oxygens (including phenoxy) is 1. The first-order chi connectivity index (χ1) is 9.77. The molecule has 0 spiro atoms. The summed E-state index contributed by atoms with van der Waals surface area (Å²) in [7, 11) is 0. The van der Waals surface area contributed by atoms with Crippen molar-refractivity contribution in [2.45, 2.75) is 71.8 Å². The van der Waals surface area contributed by atoms with Gasteiger partial charge in [0.15, 0.2) is 0 Å². The van der Waals surface area contributed by atoms with Crippen molar-refractivity contribution >= 4 is 5.69 Å². The van der Waals surface area contributed by atoms with Crippen molar-refractivity contribution in [2.24, 2.45) is 0 Å². The molecule has 0 aromatic heterocycles. The second-order valence-corrected chi connectivity index (χ2v) is 5.59. The zero-order valence-corrected chi connectivity index (χ0v) is 13.5. The van der Waals surface area contributed by atoms with Crippen molar-refractivity contribution in [1.29, 1.82) is 0 Å². The summed E-state index contributed by atoms with van der Waals surface area (Å²) in [6, 6.07) is 8.76. The molecule has 2 heteroatoms. The van der Waals surface area contributed by atoms with Crippen molar-refractivity contribution in [2.75, 3.05) is 11.9 Å². The van der Waals surface area contributed by atoms with E-state index in [1.165, 1.54) is 38.5 Å². The number of unbranched alkanes of at least 4 members (excludes halogenated alkanes) is 4. The SMILES string of the molecule is CCCCCCCC(C)Nc1ccccc1OCCC. The third-order valence-corrected chi connectivity index (χ3v) is 3.49. The summed E-state index contributed by atoms with van der Waals surface area (Å²) in [6.45, 7) is 7.44. The van der Waals surface area contributed by atoms with Crippen molar-refractivity contribution in [3.8, 4) is 5.75 Å². The summed E-state index contributed by atoms with van der Waals surface area (Å²) in [5.41, 5.74) is 1.13. The largest absolute Gasteiger partial charge is 0.491 e. The molecular formula is C18H31NO. The van der Waals surface area contributed by atoms with Crippen LogP contribution in [0.4, 0.5) is 5.69 Å². The first kappa shape index (κ1) is 16.9. The van der Waals surface area contributed by atoms with Crippen LogP contribution in [0.3, 0.4) is 0 Å². The summed E-state index contributed by atoms with van der Waals surface area (Å²) in [5, 5.41) is 3.59. The van der Waals surface area contributed by atoms with E-state index in [2.05, 4.69) is 38.2 Å². The molecule has 1 N–H and O–H groups in total. The minimum atomic E-state index is 0.503. The predicted octanol–water partition coefficient (Wildman–Crippen LogP) is 5.64. The third kappa shape index (κ3) is 6.83. The molecule has 0 saturated carbocycles. The molecule has 114 valence electrons.